The number of aromatic nitrogens is 2. The number of esters is 1. The molecule has 5 nitrogen and oxygen atoms in total. The molecule has 1 aromatic heterocycles. The van der Waals surface area contributed by atoms with Crippen molar-refractivity contribution in [3.05, 3.63) is 78.0 Å². The first-order valence-electron chi connectivity index (χ1n) is 7.67. The van der Waals surface area contributed by atoms with Gasteiger partial charge in [0.05, 0.1) is 17.8 Å². The van der Waals surface area contributed by atoms with Gasteiger partial charge in [0, 0.05) is 6.07 Å². The van der Waals surface area contributed by atoms with E-state index in [9.17, 15) is 4.79 Å². The Morgan fingerprint density at radius 2 is 1.71 bits per heavy atom. The summed E-state index contributed by atoms with van der Waals surface area (Å²) in [5, 5.41) is 4.40. The maximum absolute atomic E-state index is 11.8. The molecule has 0 aliphatic heterocycles. The van der Waals surface area contributed by atoms with Crippen LogP contribution in [-0.2, 0) is 16.0 Å². The van der Waals surface area contributed by atoms with Gasteiger partial charge in [0.25, 0.3) is 0 Å². The first-order chi connectivity index (χ1) is 11.7. The molecule has 0 amide bonds. The van der Waals surface area contributed by atoms with Gasteiger partial charge in [-0.15, -0.1) is 0 Å². The van der Waals surface area contributed by atoms with Gasteiger partial charge in [-0.1, -0.05) is 48.5 Å². The second-order valence-corrected chi connectivity index (χ2v) is 5.31. The van der Waals surface area contributed by atoms with Crippen LogP contribution < -0.4 is 4.74 Å². The van der Waals surface area contributed by atoms with Crippen molar-refractivity contribution in [2.24, 2.45) is 0 Å². The van der Waals surface area contributed by atoms with E-state index in [0.29, 0.717) is 5.88 Å². The van der Waals surface area contributed by atoms with E-state index in [-0.39, 0.29) is 19.2 Å². The van der Waals surface area contributed by atoms with Crippen molar-refractivity contribution in [3.8, 4) is 11.6 Å². The summed E-state index contributed by atoms with van der Waals surface area (Å²) in [6, 6.07) is 20.9. The summed E-state index contributed by atoms with van der Waals surface area (Å²) in [4.78, 5) is 11.8. The highest BCUT2D eigenvalue weighted by molar-refractivity contribution is 5.72. The van der Waals surface area contributed by atoms with E-state index >= 15 is 0 Å². The molecule has 3 aromatic rings. The number of ether oxygens (including phenoxy) is 2. The van der Waals surface area contributed by atoms with Crippen molar-refractivity contribution in [1.29, 1.82) is 0 Å². The molecule has 24 heavy (non-hydrogen) atoms. The lowest BCUT2D eigenvalue weighted by atomic mass is 10.2. The molecule has 0 aliphatic carbocycles. The molecule has 1 heterocycles. The topological polar surface area (TPSA) is 53.4 Å². The smallest absolute Gasteiger partial charge is 0.313 e. The predicted octanol–water partition coefficient (Wildman–Crippen LogP) is 3.30. The minimum Gasteiger partial charge on any atom is -0.440 e. The zero-order chi connectivity index (χ0) is 16.8. The van der Waals surface area contributed by atoms with Crippen LogP contribution in [0.4, 0.5) is 0 Å². The minimum absolute atomic E-state index is 0.149. The Balaban J connectivity index is 1.58. The average molecular weight is 322 g/mol. The molecule has 0 spiro atoms. The van der Waals surface area contributed by atoms with Crippen molar-refractivity contribution in [1.82, 2.24) is 9.78 Å². The molecule has 0 unspecified atom stereocenters. The largest absolute Gasteiger partial charge is 0.440 e. The summed E-state index contributed by atoms with van der Waals surface area (Å²) < 4.78 is 12.4. The van der Waals surface area contributed by atoms with Gasteiger partial charge in [0.2, 0.25) is 12.7 Å². The van der Waals surface area contributed by atoms with Crippen molar-refractivity contribution in [2.75, 3.05) is 6.79 Å². The highest BCUT2D eigenvalue weighted by Gasteiger charge is 2.10. The predicted molar refractivity (Wildman–Crippen MR) is 90.0 cm³/mol. The molecule has 0 aliphatic rings. The van der Waals surface area contributed by atoms with E-state index in [1.165, 1.54) is 0 Å². The van der Waals surface area contributed by atoms with E-state index in [4.69, 9.17) is 9.47 Å². The number of benzene rings is 2. The maximum Gasteiger partial charge on any atom is 0.313 e. The molecule has 5 heteroatoms. The first kappa shape index (κ1) is 15.8. The summed E-state index contributed by atoms with van der Waals surface area (Å²) in [7, 11) is 0. The number of rotatable bonds is 6. The van der Waals surface area contributed by atoms with Crippen LogP contribution in [0.25, 0.3) is 5.69 Å². The third-order valence-corrected chi connectivity index (χ3v) is 3.42. The van der Waals surface area contributed by atoms with Gasteiger partial charge < -0.3 is 9.47 Å². The van der Waals surface area contributed by atoms with Gasteiger partial charge in [-0.05, 0) is 24.6 Å². The number of aryl methyl sites for hydroxylation is 1. The Morgan fingerprint density at radius 3 is 2.42 bits per heavy atom. The van der Waals surface area contributed by atoms with Crippen molar-refractivity contribution >= 4 is 5.97 Å². The zero-order valence-electron chi connectivity index (χ0n) is 13.4. The minimum atomic E-state index is -0.330. The van der Waals surface area contributed by atoms with Crippen molar-refractivity contribution in [2.45, 2.75) is 13.3 Å². The number of carbonyl (C=O) groups excluding carboxylic acids is 1. The molecule has 0 bridgehead atoms. The van der Waals surface area contributed by atoms with E-state index in [0.717, 1.165) is 16.9 Å². The van der Waals surface area contributed by atoms with Gasteiger partial charge in [-0.25, -0.2) is 4.68 Å². The van der Waals surface area contributed by atoms with E-state index < -0.39 is 0 Å². The molecule has 0 fully saturated rings. The van der Waals surface area contributed by atoms with Crippen LogP contribution in [0.3, 0.4) is 0 Å². The molecular weight excluding hydrogens is 304 g/mol. The maximum atomic E-state index is 11.8. The molecule has 3 rings (SSSR count). The summed E-state index contributed by atoms with van der Waals surface area (Å²) in [6.07, 6.45) is 0.223. The molecule has 122 valence electrons. The van der Waals surface area contributed by atoms with Crippen molar-refractivity contribution < 1.29 is 14.3 Å². The SMILES string of the molecule is Cc1cc(OCOC(=O)Cc2ccccc2)n(-c2ccccc2)n1. The number of para-hydroxylation sites is 1. The highest BCUT2D eigenvalue weighted by Crippen LogP contribution is 2.19. The average Bonchev–Trinajstić information content (AvgIpc) is 2.97. The molecule has 2 aromatic carbocycles. The van der Waals surface area contributed by atoms with Crippen LogP contribution in [0, 0.1) is 6.92 Å². The lowest BCUT2D eigenvalue weighted by Crippen LogP contribution is -2.14. The second-order valence-electron chi connectivity index (χ2n) is 5.31. The Labute approximate surface area is 140 Å². The van der Waals surface area contributed by atoms with Crippen LogP contribution in [0.1, 0.15) is 11.3 Å². The van der Waals surface area contributed by atoms with Crippen LogP contribution in [0.15, 0.2) is 66.7 Å². The molecule has 0 saturated carbocycles. The third-order valence-electron chi connectivity index (χ3n) is 3.42. The van der Waals surface area contributed by atoms with Crippen molar-refractivity contribution in [3.63, 3.8) is 0 Å². The monoisotopic (exact) mass is 322 g/mol. The second kappa shape index (κ2) is 7.46. The van der Waals surface area contributed by atoms with Gasteiger partial charge in [0.1, 0.15) is 0 Å². The zero-order valence-corrected chi connectivity index (χ0v) is 13.4. The van der Waals surface area contributed by atoms with Crippen LogP contribution in [-0.4, -0.2) is 22.5 Å². The number of hydrogen-bond donors (Lipinski definition) is 0. The third kappa shape index (κ3) is 4.01. The lowest BCUT2D eigenvalue weighted by molar-refractivity contribution is -0.149. The van der Waals surface area contributed by atoms with Crippen LogP contribution in [0.5, 0.6) is 5.88 Å². The van der Waals surface area contributed by atoms with E-state index in [1.807, 2.05) is 67.6 Å². The fourth-order valence-corrected chi connectivity index (χ4v) is 2.30. The van der Waals surface area contributed by atoms with Gasteiger partial charge in [0.15, 0.2) is 0 Å². The van der Waals surface area contributed by atoms with E-state index in [1.54, 1.807) is 10.7 Å². The Morgan fingerprint density at radius 1 is 1.04 bits per heavy atom. The summed E-state index contributed by atoms with van der Waals surface area (Å²) in [5.41, 5.74) is 2.62. The number of hydrogen-bond acceptors (Lipinski definition) is 4. The van der Waals surface area contributed by atoms with E-state index in [2.05, 4.69) is 5.10 Å². The van der Waals surface area contributed by atoms with Gasteiger partial charge in [-0.2, -0.15) is 5.10 Å². The number of nitrogens with zero attached hydrogens (tertiary/aromatic N) is 2. The molecule has 0 atom stereocenters. The molecule has 0 saturated heterocycles. The van der Waals surface area contributed by atoms with Crippen LogP contribution in [0.2, 0.25) is 0 Å². The normalized spacial score (nSPS) is 10.4. The molecule has 0 N–H and O–H groups in total. The van der Waals surface area contributed by atoms with Crippen LogP contribution >= 0.6 is 0 Å². The molecular formula is C19H18N2O3. The summed E-state index contributed by atoms with van der Waals surface area (Å²) in [6.45, 7) is 1.73. The fraction of sp³-hybridized carbons (Fsp3) is 0.158. The number of carbonyl (C=O) groups is 1. The Hall–Kier alpha value is -3.08. The lowest BCUT2D eigenvalue weighted by Gasteiger charge is -2.09. The summed E-state index contributed by atoms with van der Waals surface area (Å²) in [5.74, 6) is 0.204. The summed E-state index contributed by atoms with van der Waals surface area (Å²) >= 11 is 0. The standard InChI is InChI=1S/C19H18N2O3/c1-15-12-18(21(20-15)17-10-6-3-7-11-17)23-14-24-19(22)13-16-8-4-2-5-9-16/h2-12H,13-14H2,1H3. The highest BCUT2D eigenvalue weighted by atomic mass is 16.7. The fourth-order valence-electron chi connectivity index (χ4n) is 2.30. The Kier molecular flexibility index (Phi) is 4.91. The molecule has 0 radical (unpaired) electrons. The van der Waals surface area contributed by atoms with Gasteiger partial charge in [-0.3, -0.25) is 4.79 Å². The first-order valence-corrected chi connectivity index (χ1v) is 7.67. The quantitative estimate of drug-likeness (QED) is 0.516. The van der Waals surface area contributed by atoms with Gasteiger partial charge >= 0.3 is 5.97 Å². The Bertz CT molecular complexity index is 798.